The Balaban J connectivity index is 2.25. The highest BCUT2D eigenvalue weighted by Gasteiger charge is 2.06. The second-order valence-corrected chi connectivity index (χ2v) is 4.33. The maximum absolute atomic E-state index is 5.28. The Morgan fingerprint density at radius 3 is 2.44 bits per heavy atom. The van der Waals surface area contributed by atoms with E-state index >= 15 is 0 Å². The number of hydrogen-bond donors (Lipinski definition) is 1. The molecule has 6 heteroatoms. The average Bonchev–Trinajstić information content (AvgIpc) is 2.41. The molecule has 0 bridgehead atoms. The van der Waals surface area contributed by atoms with Crippen LogP contribution in [0.5, 0.6) is 11.5 Å². The van der Waals surface area contributed by atoms with Crippen LogP contribution in [0.2, 0.25) is 0 Å². The fourth-order valence-electron chi connectivity index (χ4n) is 1.40. The van der Waals surface area contributed by atoms with Gasteiger partial charge in [-0.25, -0.2) is 9.97 Å². The van der Waals surface area contributed by atoms with Gasteiger partial charge in [0.1, 0.15) is 11.5 Å². The number of nitrogens with one attached hydrogen (secondary N) is 1. The summed E-state index contributed by atoms with van der Waals surface area (Å²) in [4.78, 5) is 8.27. The van der Waals surface area contributed by atoms with E-state index in [1.807, 2.05) is 12.1 Å². The van der Waals surface area contributed by atoms with Crippen molar-refractivity contribution in [3.8, 4) is 11.5 Å². The summed E-state index contributed by atoms with van der Waals surface area (Å²) in [6.45, 7) is 0. The molecule has 1 N–H and O–H groups in total. The lowest BCUT2D eigenvalue weighted by Gasteiger charge is -2.11. The monoisotopic (exact) mass is 309 g/mol. The first kappa shape index (κ1) is 12.6. The number of rotatable bonds is 4. The van der Waals surface area contributed by atoms with Gasteiger partial charge in [-0.2, -0.15) is 0 Å². The van der Waals surface area contributed by atoms with E-state index in [1.54, 1.807) is 32.7 Å². The normalized spacial score (nSPS) is 9.94. The van der Waals surface area contributed by atoms with Crippen LogP contribution in [-0.4, -0.2) is 24.2 Å². The van der Waals surface area contributed by atoms with Gasteiger partial charge in [-0.15, -0.1) is 0 Å². The van der Waals surface area contributed by atoms with Crippen molar-refractivity contribution in [2.75, 3.05) is 19.5 Å². The highest BCUT2D eigenvalue weighted by atomic mass is 79.9. The summed E-state index contributed by atoms with van der Waals surface area (Å²) in [5.74, 6) is 1.90. The van der Waals surface area contributed by atoms with Crippen LogP contribution in [-0.2, 0) is 0 Å². The van der Waals surface area contributed by atoms with Crippen LogP contribution >= 0.6 is 15.9 Å². The third-order valence-corrected chi connectivity index (χ3v) is 2.68. The molecule has 0 saturated heterocycles. The van der Waals surface area contributed by atoms with Gasteiger partial charge in [0.15, 0.2) is 0 Å². The van der Waals surface area contributed by atoms with E-state index in [1.165, 1.54) is 0 Å². The van der Waals surface area contributed by atoms with Crippen molar-refractivity contribution in [2.45, 2.75) is 0 Å². The number of ether oxygens (including phenoxy) is 2. The fourth-order valence-corrected chi connectivity index (χ4v) is 1.60. The third-order valence-electron chi connectivity index (χ3n) is 2.28. The van der Waals surface area contributed by atoms with Crippen molar-refractivity contribution in [3.63, 3.8) is 0 Å². The SMILES string of the molecule is COc1ccc(Nc2ncc(Br)cn2)c(OC)c1. The van der Waals surface area contributed by atoms with E-state index in [0.29, 0.717) is 11.7 Å². The van der Waals surface area contributed by atoms with Crippen molar-refractivity contribution in [1.82, 2.24) is 9.97 Å². The molecule has 1 aromatic heterocycles. The van der Waals surface area contributed by atoms with Crippen molar-refractivity contribution in [3.05, 3.63) is 35.1 Å². The van der Waals surface area contributed by atoms with Gasteiger partial charge >= 0.3 is 0 Å². The van der Waals surface area contributed by atoms with Crippen molar-refractivity contribution in [2.24, 2.45) is 0 Å². The smallest absolute Gasteiger partial charge is 0.227 e. The van der Waals surface area contributed by atoms with Crippen LogP contribution in [0, 0.1) is 0 Å². The summed E-state index contributed by atoms with van der Waals surface area (Å²) in [6, 6.07) is 5.48. The highest BCUT2D eigenvalue weighted by Crippen LogP contribution is 2.30. The summed E-state index contributed by atoms with van der Waals surface area (Å²) < 4.78 is 11.2. The topological polar surface area (TPSA) is 56.3 Å². The van der Waals surface area contributed by atoms with Gasteiger partial charge in [-0.1, -0.05) is 0 Å². The predicted octanol–water partition coefficient (Wildman–Crippen LogP) is 3.00. The Kier molecular flexibility index (Phi) is 3.99. The third kappa shape index (κ3) is 2.89. The lowest BCUT2D eigenvalue weighted by Crippen LogP contribution is -1.99. The lowest BCUT2D eigenvalue weighted by atomic mass is 10.2. The maximum Gasteiger partial charge on any atom is 0.227 e. The van der Waals surface area contributed by atoms with Crippen LogP contribution < -0.4 is 14.8 Å². The summed E-state index contributed by atoms with van der Waals surface area (Å²) in [7, 11) is 3.21. The number of aromatic nitrogens is 2. The maximum atomic E-state index is 5.28. The molecule has 5 nitrogen and oxygen atoms in total. The van der Waals surface area contributed by atoms with Gasteiger partial charge in [0.25, 0.3) is 0 Å². The Morgan fingerprint density at radius 1 is 1.11 bits per heavy atom. The number of hydrogen-bond acceptors (Lipinski definition) is 5. The number of anilines is 2. The van der Waals surface area contributed by atoms with Crippen LogP contribution in [0.25, 0.3) is 0 Å². The molecule has 1 aromatic carbocycles. The zero-order valence-electron chi connectivity index (χ0n) is 9.98. The molecular formula is C12H12BrN3O2. The molecule has 2 aromatic rings. The largest absolute Gasteiger partial charge is 0.497 e. The summed E-state index contributed by atoms with van der Waals surface area (Å²) in [5.41, 5.74) is 0.778. The predicted molar refractivity (Wildman–Crippen MR) is 72.6 cm³/mol. The number of methoxy groups -OCH3 is 2. The molecule has 0 aliphatic carbocycles. The van der Waals surface area contributed by atoms with Gasteiger partial charge in [0.05, 0.1) is 24.4 Å². The molecule has 94 valence electrons. The van der Waals surface area contributed by atoms with Crippen molar-refractivity contribution < 1.29 is 9.47 Å². The van der Waals surface area contributed by atoms with Gasteiger partial charge in [0, 0.05) is 18.5 Å². The minimum Gasteiger partial charge on any atom is -0.497 e. The van der Waals surface area contributed by atoms with Gasteiger partial charge < -0.3 is 14.8 Å². The van der Waals surface area contributed by atoms with E-state index in [0.717, 1.165) is 15.9 Å². The summed E-state index contributed by atoms with van der Waals surface area (Å²) in [6.07, 6.45) is 3.34. The lowest BCUT2D eigenvalue weighted by molar-refractivity contribution is 0.395. The molecule has 0 fully saturated rings. The molecule has 2 rings (SSSR count). The minimum absolute atomic E-state index is 0.502. The molecule has 0 unspecified atom stereocenters. The van der Waals surface area contributed by atoms with E-state index < -0.39 is 0 Å². The van der Waals surface area contributed by atoms with E-state index in [2.05, 4.69) is 31.2 Å². The molecular weight excluding hydrogens is 298 g/mol. The molecule has 0 radical (unpaired) electrons. The van der Waals surface area contributed by atoms with Gasteiger partial charge in [-0.3, -0.25) is 0 Å². The zero-order chi connectivity index (χ0) is 13.0. The van der Waals surface area contributed by atoms with E-state index in [-0.39, 0.29) is 0 Å². The molecule has 0 atom stereocenters. The van der Waals surface area contributed by atoms with Crippen molar-refractivity contribution in [1.29, 1.82) is 0 Å². The molecule has 0 spiro atoms. The minimum atomic E-state index is 0.502. The summed E-state index contributed by atoms with van der Waals surface area (Å²) in [5, 5.41) is 3.08. The molecule has 0 aliphatic rings. The van der Waals surface area contributed by atoms with Crippen molar-refractivity contribution >= 4 is 27.6 Å². The van der Waals surface area contributed by atoms with Crippen LogP contribution in [0.15, 0.2) is 35.1 Å². The average molecular weight is 310 g/mol. The fraction of sp³-hybridized carbons (Fsp3) is 0.167. The van der Waals surface area contributed by atoms with Gasteiger partial charge in [-0.05, 0) is 28.1 Å². The first-order valence-corrected chi connectivity index (χ1v) is 5.99. The molecule has 18 heavy (non-hydrogen) atoms. The van der Waals surface area contributed by atoms with Crippen LogP contribution in [0.1, 0.15) is 0 Å². The number of halogens is 1. The molecule has 0 saturated carbocycles. The van der Waals surface area contributed by atoms with Crippen LogP contribution in [0.4, 0.5) is 11.6 Å². The Hall–Kier alpha value is -1.82. The van der Waals surface area contributed by atoms with E-state index in [4.69, 9.17) is 9.47 Å². The highest BCUT2D eigenvalue weighted by molar-refractivity contribution is 9.10. The molecule has 1 heterocycles. The van der Waals surface area contributed by atoms with E-state index in [9.17, 15) is 0 Å². The zero-order valence-corrected chi connectivity index (χ0v) is 11.6. The van der Waals surface area contributed by atoms with Gasteiger partial charge in [0.2, 0.25) is 5.95 Å². The second kappa shape index (κ2) is 5.68. The summed E-state index contributed by atoms with van der Waals surface area (Å²) >= 11 is 3.28. The second-order valence-electron chi connectivity index (χ2n) is 3.42. The first-order chi connectivity index (χ1) is 8.72. The quantitative estimate of drug-likeness (QED) is 0.941. The standard InChI is InChI=1S/C12H12BrN3O2/c1-17-9-3-4-10(11(5-9)18-2)16-12-14-6-8(13)7-15-12/h3-7H,1-2H3,(H,14,15,16). The Morgan fingerprint density at radius 2 is 1.83 bits per heavy atom. The molecule has 0 amide bonds. The molecule has 0 aliphatic heterocycles. The number of benzene rings is 1. The number of nitrogens with zero attached hydrogens (tertiary/aromatic N) is 2. The first-order valence-electron chi connectivity index (χ1n) is 5.19. The Bertz CT molecular complexity index is 531. The van der Waals surface area contributed by atoms with Crippen LogP contribution in [0.3, 0.4) is 0 Å². The Labute approximate surface area is 113 Å².